The van der Waals surface area contributed by atoms with Crippen molar-refractivity contribution in [3.63, 3.8) is 0 Å². The highest BCUT2D eigenvalue weighted by molar-refractivity contribution is 7.97. The number of nitrogens with zero attached hydrogens (tertiary/aromatic N) is 2. The van der Waals surface area contributed by atoms with Crippen LogP contribution >= 0.6 is 11.9 Å². The van der Waals surface area contributed by atoms with Gasteiger partial charge in [-0.2, -0.15) is 5.10 Å². The lowest BCUT2D eigenvalue weighted by Gasteiger charge is -2.17. The molecule has 0 radical (unpaired) electrons. The zero-order valence-corrected chi connectivity index (χ0v) is 8.43. The van der Waals surface area contributed by atoms with Crippen LogP contribution < -0.4 is 4.83 Å². The Labute approximate surface area is 81.8 Å². The van der Waals surface area contributed by atoms with Crippen molar-refractivity contribution in [1.29, 1.82) is 0 Å². The van der Waals surface area contributed by atoms with E-state index >= 15 is 0 Å². The Kier molecular flexibility index (Phi) is 2.22. The number of aromatic nitrogens is 1. The maximum Gasteiger partial charge on any atom is 0.102 e. The van der Waals surface area contributed by atoms with Gasteiger partial charge in [0.15, 0.2) is 0 Å². The summed E-state index contributed by atoms with van der Waals surface area (Å²) in [4.78, 5) is 8.42. The summed E-state index contributed by atoms with van der Waals surface area (Å²) in [6, 6.07) is 3.99. The third-order valence-corrected chi connectivity index (χ3v) is 2.61. The van der Waals surface area contributed by atoms with E-state index in [9.17, 15) is 0 Å². The Balaban J connectivity index is 2.47. The van der Waals surface area contributed by atoms with Crippen LogP contribution in [0.15, 0.2) is 28.3 Å². The van der Waals surface area contributed by atoms with Crippen molar-refractivity contribution in [1.82, 2.24) is 9.82 Å². The molecule has 0 unspecified atom stereocenters. The van der Waals surface area contributed by atoms with Crippen LogP contribution in [-0.2, 0) is 0 Å². The molecule has 0 atom stereocenters. The number of rotatable bonds is 1. The minimum Gasteiger partial charge on any atom is -0.254 e. The first-order chi connectivity index (χ1) is 6.29. The smallest absolute Gasteiger partial charge is 0.102 e. The van der Waals surface area contributed by atoms with E-state index < -0.39 is 0 Å². The molecule has 0 aliphatic carbocycles. The van der Waals surface area contributed by atoms with Gasteiger partial charge in [0.05, 0.1) is 10.6 Å². The minimum absolute atomic E-state index is 0.405. The molecular weight excluding hydrogens is 182 g/mol. The number of hydrogen-bond donors (Lipinski definition) is 1. The van der Waals surface area contributed by atoms with Crippen molar-refractivity contribution in [3.05, 3.63) is 24.0 Å². The number of hydrogen-bond acceptors (Lipinski definition) is 4. The molecule has 3 nitrogen and oxygen atoms in total. The average molecular weight is 193 g/mol. The van der Waals surface area contributed by atoms with Gasteiger partial charge >= 0.3 is 0 Å². The van der Waals surface area contributed by atoms with E-state index in [1.165, 1.54) is 11.9 Å². The second-order valence-electron chi connectivity index (χ2n) is 3.20. The van der Waals surface area contributed by atoms with Crippen LogP contribution in [0.25, 0.3) is 0 Å². The number of hydrazone groups is 1. The molecule has 1 aliphatic rings. The highest BCUT2D eigenvalue weighted by atomic mass is 32.2. The van der Waals surface area contributed by atoms with Gasteiger partial charge in [-0.15, -0.1) is 0 Å². The van der Waals surface area contributed by atoms with Gasteiger partial charge in [0, 0.05) is 18.1 Å². The van der Waals surface area contributed by atoms with Gasteiger partial charge in [-0.25, -0.2) is 4.83 Å². The fourth-order valence-corrected chi connectivity index (χ4v) is 1.88. The highest BCUT2D eigenvalue weighted by Gasteiger charge is 2.18. The van der Waals surface area contributed by atoms with Gasteiger partial charge in [-0.3, -0.25) is 4.98 Å². The third kappa shape index (κ3) is 1.54. The van der Waals surface area contributed by atoms with Crippen molar-refractivity contribution >= 4 is 17.7 Å². The summed E-state index contributed by atoms with van der Waals surface area (Å²) in [6.45, 7) is 4.24. The summed E-state index contributed by atoms with van der Waals surface area (Å²) >= 11 is 1.51. The van der Waals surface area contributed by atoms with Crippen LogP contribution in [0.2, 0.25) is 0 Å². The van der Waals surface area contributed by atoms with E-state index in [2.05, 4.69) is 34.8 Å². The molecule has 0 fully saturated rings. The first-order valence-electron chi connectivity index (χ1n) is 4.24. The zero-order chi connectivity index (χ0) is 9.26. The lowest BCUT2D eigenvalue weighted by atomic mass is 10.0. The molecule has 0 saturated carbocycles. The Hall–Kier alpha value is -1.03. The van der Waals surface area contributed by atoms with Crippen molar-refractivity contribution in [3.8, 4) is 0 Å². The van der Waals surface area contributed by atoms with Gasteiger partial charge in [-0.1, -0.05) is 13.8 Å². The molecule has 1 aromatic heterocycles. The summed E-state index contributed by atoms with van der Waals surface area (Å²) in [7, 11) is 0. The minimum atomic E-state index is 0.405. The molecule has 0 aromatic carbocycles. The molecule has 0 amide bonds. The molecule has 13 heavy (non-hydrogen) atoms. The highest BCUT2D eigenvalue weighted by Crippen LogP contribution is 2.24. The van der Waals surface area contributed by atoms with Crippen LogP contribution in [0.5, 0.6) is 0 Å². The Bertz CT molecular complexity index is 346. The molecule has 2 heterocycles. The van der Waals surface area contributed by atoms with E-state index in [-0.39, 0.29) is 0 Å². The first-order valence-corrected chi connectivity index (χ1v) is 5.05. The Morgan fingerprint density at radius 3 is 3.08 bits per heavy atom. The predicted octanol–water partition coefficient (Wildman–Crippen LogP) is 2.05. The summed E-state index contributed by atoms with van der Waals surface area (Å²) in [5.41, 5.74) is 2.05. The second-order valence-corrected chi connectivity index (χ2v) is 4.02. The van der Waals surface area contributed by atoms with Gasteiger partial charge in [0.1, 0.15) is 5.69 Å². The van der Waals surface area contributed by atoms with Crippen molar-refractivity contribution < 1.29 is 0 Å². The van der Waals surface area contributed by atoms with E-state index in [1.807, 2.05) is 12.3 Å². The van der Waals surface area contributed by atoms with Crippen LogP contribution in [0, 0.1) is 5.92 Å². The fraction of sp³-hybridized carbons (Fsp3) is 0.333. The number of fused-ring (bicyclic) bond motifs is 1. The lowest BCUT2D eigenvalue weighted by Crippen LogP contribution is -2.19. The third-order valence-electron chi connectivity index (χ3n) is 1.88. The second kappa shape index (κ2) is 3.38. The summed E-state index contributed by atoms with van der Waals surface area (Å²) in [6.07, 6.45) is 1.81. The topological polar surface area (TPSA) is 37.3 Å². The largest absolute Gasteiger partial charge is 0.254 e. The quantitative estimate of drug-likeness (QED) is 0.694. The number of pyridine rings is 1. The van der Waals surface area contributed by atoms with E-state index in [0.717, 1.165) is 16.3 Å². The molecule has 4 heteroatoms. The summed E-state index contributed by atoms with van der Waals surface area (Å²) in [5, 5.41) is 4.24. The molecule has 0 saturated heterocycles. The van der Waals surface area contributed by atoms with Gasteiger partial charge in [0.25, 0.3) is 0 Å². The Morgan fingerprint density at radius 1 is 1.46 bits per heavy atom. The van der Waals surface area contributed by atoms with Crippen molar-refractivity contribution in [2.45, 2.75) is 18.7 Å². The van der Waals surface area contributed by atoms with Crippen LogP contribution in [0.4, 0.5) is 0 Å². The van der Waals surface area contributed by atoms with Crippen molar-refractivity contribution in [2.75, 3.05) is 0 Å². The van der Waals surface area contributed by atoms with E-state index in [1.54, 1.807) is 0 Å². The van der Waals surface area contributed by atoms with Crippen molar-refractivity contribution in [2.24, 2.45) is 11.0 Å². The Morgan fingerprint density at radius 2 is 2.31 bits per heavy atom. The molecule has 0 spiro atoms. The maximum absolute atomic E-state index is 4.33. The standard InChI is InChI=1S/C9H11N3S/c1-6(2)8-9-7(13-12-11-8)4-3-5-10-9/h3-6,12H,1-2H3. The monoisotopic (exact) mass is 193 g/mol. The zero-order valence-electron chi connectivity index (χ0n) is 7.61. The molecule has 1 aliphatic heterocycles. The lowest BCUT2D eigenvalue weighted by molar-refractivity contribution is 0.851. The van der Waals surface area contributed by atoms with Crippen LogP contribution in [0.3, 0.4) is 0 Å². The predicted molar refractivity (Wildman–Crippen MR) is 54.6 cm³/mol. The first kappa shape index (κ1) is 8.56. The summed E-state index contributed by atoms with van der Waals surface area (Å²) < 4.78 is 0. The molecule has 0 bridgehead atoms. The van der Waals surface area contributed by atoms with Gasteiger partial charge in [0.2, 0.25) is 0 Å². The van der Waals surface area contributed by atoms with Crippen LogP contribution in [0.1, 0.15) is 19.5 Å². The van der Waals surface area contributed by atoms with E-state index in [0.29, 0.717) is 5.92 Å². The van der Waals surface area contributed by atoms with Crippen LogP contribution in [-0.4, -0.2) is 10.7 Å². The van der Waals surface area contributed by atoms with Gasteiger partial charge in [-0.05, 0) is 18.1 Å². The molecule has 2 rings (SSSR count). The molecular formula is C9H11N3S. The van der Waals surface area contributed by atoms with Gasteiger partial charge < -0.3 is 0 Å². The number of nitrogens with one attached hydrogen (secondary N) is 1. The normalized spacial score (nSPS) is 14.8. The summed E-state index contributed by atoms with van der Waals surface area (Å²) in [5.74, 6) is 0.405. The SMILES string of the molecule is CC(C)C1=NNSc2cccnc21. The maximum atomic E-state index is 4.33. The fourth-order valence-electron chi connectivity index (χ4n) is 1.24. The molecule has 1 aromatic rings. The average Bonchev–Trinajstić information content (AvgIpc) is 2.17. The molecule has 68 valence electrons. The molecule has 1 N–H and O–H groups in total. The van der Waals surface area contributed by atoms with E-state index in [4.69, 9.17) is 0 Å².